The van der Waals surface area contributed by atoms with Gasteiger partial charge in [0.05, 0.1) is 0 Å². The van der Waals surface area contributed by atoms with Crippen LogP contribution in [-0.4, -0.2) is 23.4 Å². The number of rotatable bonds is 7. The maximum absolute atomic E-state index is 5.45. The molecule has 0 aliphatic carbocycles. The predicted molar refractivity (Wildman–Crippen MR) is 79.0 cm³/mol. The summed E-state index contributed by atoms with van der Waals surface area (Å²) in [6.45, 7) is 9.05. The lowest BCUT2D eigenvalue weighted by atomic mass is 10.0. The minimum Gasteiger partial charge on any atom is -0.345 e. The van der Waals surface area contributed by atoms with E-state index in [0.29, 0.717) is 31.3 Å². The third-order valence-electron chi connectivity index (χ3n) is 3.26. The standard InChI is InChI=1S/C16H22N2O3/c1-5-19-16(20-6-2)15-17-14(18-21-15)10-13-8-7-11(3)12(4)9-13/h7-9,16H,5-6,10H2,1-4H3. The second kappa shape index (κ2) is 7.33. The summed E-state index contributed by atoms with van der Waals surface area (Å²) < 4.78 is 16.1. The summed E-state index contributed by atoms with van der Waals surface area (Å²) in [4.78, 5) is 4.37. The third-order valence-corrected chi connectivity index (χ3v) is 3.26. The molecule has 0 spiro atoms. The van der Waals surface area contributed by atoms with E-state index < -0.39 is 6.29 Å². The van der Waals surface area contributed by atoms with Gasteiger partial charge in [-0.15, -0.1) is 0 Å². The predicted octanol–water partition coefficient (Wildman–Crippen LogP) is 3.35. The molecule has 2 rings (SSSR count). The quantitative estimate of drug-likeness (QED) is 0.732. The van der Waals surface area contributed by atoms with Crippen LogP contribution in [0.2, 0.25) is 0 Å². The van der Waals surface area contributed by atoms with E-state index in [-0.39, 0.29) is 0 Å². The normalized spacial score (nSPS) is 11.3. The zero-order valence-electron chi connectivity index (χ0n) is 13.0. The highest BCUT2D eigenvalue weighted by atomic mass is 16.7. The van der Waals surface area contributed by atoms with Crippen LogP contribution in [0, 0.1) is 13.8 Å². The van der Waals surface area contributed by atoms with E-state index in [2.05, 4.69) is 42.2 Å². The SMILES string of the molecule is CCOC(OCC)c1nc(Cc2ccc(C)c(C)c2)no1. The van der Waals surface area contributed by atoms with Gasteiger partial charge in [0, 0.05) is 19.6 Å². The Balaban J connectivity index is 2.09. The molecule has 0 bridgehead atoms. The van der Waals surface area contributed by atoms with Gasteiger partial charge in [0.15, 0.2) is 5.82 Å². The summed E-state index contributed by atoms with van der Waals surface area (Å²) in [7, 11) is 0. The Hall–Kier alpha value is -1.72. The van der Waals surface area contributed by atoms with Crippen molar-refractivity contribution in [1.29, 1.82) is 0 Å². The number of aromatic nitrogens is 2. The second-order valence-electron chi connectivity index (χ2n) is 4.89. The molecule has 0 unspecified atom stereocenters. The smallest absolute Gasteiger partial charge is 0.283 e. The maximum atomic E-state index is 5.45. The van der Waals surface area contributed by atoms with Crippen LogP contribution in [0.4, 0.5) is 0 Å². The molecular weight excluding hydrogens is 268 g/mol. The van der Waals surface area contributed by atoms with E-state index in [0.717, 1.165) is 5.56 Å². The summed E-state index contributed by atoms with van der Waals surface area (Å²) >= 11 is 0. The van der Waals surface area contributed by atoms with E-state index in [1.807, 2.05) is 13.8 Å². The molecular formula is C16H22N2O3. The number of ether oxygens (including phenoxy) is 2. The molecule has 0 fully saturated rings. The summed E-state index contributed by atoms with van der Waals surface area (Å²) in [6.07, 6.45) is 0.0521. The fourth-order valence-electron chi connectivity index (χ4n) is 2.02. The van der Waals surface area contributed by atoms with Crippen LogP contribution in [0.3, 0.4) is 0 Å². The minimum atomic E-state index is -0.582. The highest BCUT2D eigenvalue weighted by molar-refractivity contribution is 5.31. The average Bonchev–Trinajstić information content (AvgIpc) is 2.91. The largest absolute Gasteiger partial charge is 0.345 e. The van der Waals surface area contributed by atoms with Crippen molar-refractivity contribution in [2.24, 2.45) is 0 Å². The Bertz CT molecular complexity index is 575. The number of hydrogen-bond acceptors (Lipinski definition) is 5. The van der Waals surface area contributed by atoms with Crippen molar-refractivity contribution in [3.05, 3.63) is 46.6 Å². The van der Waals surface area contributed by atoms with E-state index in [4.69, 9.17) is 14.0 Å². The zero-order chi connectivity index (χ0) is 15.2. The van der Waals surface area contributed by atoms with Gasteiger partial charge in [-0.2, -0.15) is 4.98 Å². The molecule has 0 atom stereocenters. The molecule has 5 heteroatoms. The van der Waals surface area contributed by atoms with Crippen LogP contribution in [0.1, 0.15) is 48.5 Å². The van der Waals surface area contributed by atoms with Crippen LogP contribution in [0.5, 0.6) is 0 Å². The molecule has 114 valence electrons. The van der Waals surface area contributed by atoms with Crippen molar-refractivity contribution in [3.63, 3.8) is 0 Å². The highest BCUT2D eigenvalue weighted by Crippen LogP contribution is 2.18. The van der Waals surface area contributed by atoms with Crippen LogP contribution in [0.25, 0.3) is 0 Å². The van der Waals surface area contributed by atoms with E-state index in [9.17, 15) is 0 Å². The summed E-state index contributed by atoms with van der Waals surface area (Å²) in [5.74, 6) is 1.01. The molecule has 1 aromatic heterocycles. The van der Waals surface area contributed by atoms with Gasteiger partial charge in [0.1, 0.15) is 0 Å². The molecule has 0 aliphatic rings. The molecule has 0 aliphatic heterocycles. The lowest BCUT2D eigenvalue weighted by Gasteiger charge is -2.11. The molecule has 1 heterocycles. The van der Waals surface area contributed by atoms with Crippen LogP contribution in [0.15, 0.2) is 22.7 Å². The monoisotopic (exact) mass is 290 g/mol. The number of aryl methyl sites for hydroxylation is 2. The van der Waals surface area contributed by atoms with Gasteiger partial charge >= 0.3 is 0 Å². The second-order valence-corrected chi connectivity index (χ2v) is 4.89. The van der Waals surface area contributed by atoms with Crippen molar-refractivity contribution < 1.29 is 14.0 Å². The first kappa shape index (κ1) is 15.7. The molecule has 5 nitrogen and oxygen atoms in total. The fourth-order valence-corrected chi connectivity index (χ4v) is 2.02. The molecule has 0 radical (unpaired) electrons. The molecule has 1 aromatic carbocycles. The lowest BCUT2D eigenvalue weighted by molar-refractivity contribution is -0.155. The van der Waals surface area contributed by atoms with E-state index in [1.165, 1.54) is 11.1 Å². The lowest BCUT2D eigenvalue weighted by Crippen LogP contribution is -2.09. The summed E-state index contributed by atoms with van der Waals surface area (Å²) in [5.41, 5.74) is 3.70. The highest BCUT2D eigenvalue weighted by Gasteiger charge is 2.19. The van der Waals surface area contributed by atoms with Gasteiger partial charge in [0.2, 0.25) is 6.29 Å². The molecule has 0 amide bonds. The summed E-state index contributed by atoms with van der Waals surface area (Å²) in [5, 5.41) is 4.00. The molecule has 0 saturated heterocycles. The first-order valence-electron chi connectivity index (χ1n) is 7.25. The Morgan fingerprint density at radius 2 is 1.81 bits per heavy atom. The Morgan fingerprint density at radius 1 is 1.10 bits per heavy atom. The fraction of sp³-hybridized carbons (Fsp3) is 0.500. The van der Waals surface area contributed by atoms with E-state index in [1.54, 1.807) is 0 Å². The zero-order valence-corrected chi connectivity index (χ0v) is 13.0. The molecule has 0 saturated carbocycles. The topological polar surface area (TPSA) is 57.4 Å². The van der Waals surface area contributed by atoms with Gasteiger partial charge in [0.25, 0.3) is 5.89 Å². The van der Waals surface area contributed by atoms with Crippen molar-refractivity contribution in [2.75, 3.05) is 13.2 Å². The van der Waals surface area contributed by atoms with Gasteiger partial charge in [-0.05, 0) is 44.4 Å². The molecule has 21 heavy (non-hydrogen) atoms. The van der Waals surface area contributed by atoms with Crippen molar-refractivity contribution in [2.45, 2.75) is 40.4 Å². The Kier molecular flexibility index (Phi) is 5.47. The van der Waals surface area contributed by atoms with Gasteiger partial charge in [-0.3, -0.25) is 0 Å². The maximum Gasteiger partial charge on any atom is 0.283 e. The molecule has 0 N–H and O–H groups in total. The molecule has 2 aromatic rings. The van der Waals surface area contributed by atoms with Crippen LogP contribution in [-0.2, 0) is 15.9 Å². The Labute approximate surface area is 125 Å². The van der Waals surface area contributed by atoms with Crippen molar-refractivity contribution in [1.82, 2.24) is 10.1 Å². The number of benzene rings is 1. The number of nitrogens with zero attached hydrogens (tertiary/aromatic N) is 2. The van der Waals surface area contributed by atoms with Crippen molar-refractivity contribution >= 4 is 0 Å². The van der Waals surface area contributed by atoms with Gasteiger partial charge in [-0.1, -0.05) is 23.4 Å². The average molecular weight is 290 g/mol. The van der Waals surface area contributed by atoms with Gasteiger partial charge in [-0.25, -0.2) is 0 Å². The summed E-state index contributed by atoms with van der Waals surface area (Å²) in [6, 6.07) is 6.34. The minimum absolute atomic E-state index is 0.373. The third kappa shape index (κ3) is 4.12. The first-order valence-corrected chi connectivity index (χ1v) is 7.25. The number of hydrogen-bond donors (Lipinski definition) is 0. The van der Waals surface area contributed by atoms with Crippen molar-refractivity contribution in [3.8, 4) is 0 Å². The van der Waals surface area contributed by atoms with E-state index >= 15 is 0 Å². The van der Waals surface area contributed by atoms with Crippen LogP contribution < -0.4 is 0 Å². The first-order chi connectivity index (χ1) is 10.1. The Morgan fingerprint density at radius 3 is 2.43 bits per heavy atom. The van der Waals surface area contributed by atoms with Crippen LogP contribution >= 0.6 is 0 Å². The van der Waals surface area contributed by atoms with Gasteiger partial charge < -0.3 is 14.0 Å².